The molecule has 0 aliphatic carbocycles. The molecule has 2 rings (SSSR count). The van der Waals surface area contributed by atoms with Crippen molar-refractivity contribution in [1.82, 2.24) is 9.78 Å². The smallest absolute Gasteiger partial charge is 0.270 e. The number of benzene rings is 1. The van der Waals surface area contributed by atoms with Gasteiger partial charge in [-0.25, -0.2) is 0 Å². The van der Waals surface area contributed by atoms with Crippen LogP contribution in [0.15, 0.2) is 29.1 Å². The third-order valence-corrected chi connectivity index (χ3v) is 3.44. The first-order valence-corrected chi connectivity index (χ1v) is 6.75. The number of hydrogen-bond donors (Lipinski definition) is 1. The first kappa shape index (κ1) is 13.7. The third-order valence-electron chi connectivity index (χ3n) is 3.44. The highest BCUT2D eigenvalue weighted by Gasteiger charge is 2.26. The normalized spacial score (nSPS) is 11.8. The Morgan fingerprint density at radius 2 is 1.84 bits per heavy atom. The summed E-state index contributed by atoms with van der Waals surface area (Å²) in [7, 11) is 0. The van der Waals surface area contributed by atoms with E-state index in [1.807, 2.05) is 19.1 Å². The molecular weight excluding hydrogens is 236 g/mol. The zero-order valence-electron chi connectivity index (χ0n) is 12.4. The van der Waals surface area contributed by atoms with Crippen LogP contribution in [0.4, 0.5) is 0 Å². The molecule has 1 N–H and O–H groups in total. The van der Waals surface area contributed by atoms with Gasteiger partial charge in [0.15, 0.2) is 0 Å². The quantitative estimate of drug-likeness (QED) is 0.880. The highest BCUT2D eigenvalue weighted by Crippen LogP contribution is 2.30. The van der Waals surface area contributed by atoms with Gasteiger partial charge in [0.1, 0.15) is 0 Å². The minimum Gasteiger partial charge on any atom is -0.295 e. The van der Waals surface area contributed by atoms with Crippen LogP contribution < -0.4 is 5.56 Å². The molecule has 0 aliphatic heterocycles. The van der Waals surface area contributed by atoms with E-state index in [1.54, 1.807) is 4.68 Å². The van der Waals surface area contributed by atoms with Crippen molar-refractivity contribution in [2.45, 2.75) is 46.6 Å². The van der Waals surface area contributed by atoms with E-state index in [4.69, 9.17) is 0 Å². The lowest BCUT2D eigenvalue weighted by Gasteiger charge is -2.18. The molecule has 0 aliphatic rings. The Morgan fingerprint density at radius 1 is 1.21 bits per heavy atom. The van der Waals surface area contributed by atoms with Gasteiger partial charge in [0.2, 0.25) is 0 Å². The van der Waals surface area contributed by atoms with E-state index in [-0.39, 0.29) is 11.0 Å². The monoisotopic (exact) mass is 258 g/mol. The Morgan fingerprint density at radius 3 is 2.37 bits per heavy atom. The van der Waals surface area contributed by atoms with Gasteiger partial charge in [-0.1, -0.05) is 45.0 Å². The molecule has 102 valence electrons. The molecule has 0 unspecified atom stereocenters. The number of hydrogen-bond acceptors (Lipinski definition) is 1. The van der Waals surface area contributed by atoms with Gasteiger partial charge in [-0.05, 0) is 24.8 Å². The second-order valence-corrected chi connectivity index (χ2v) is 5.98. The average molecular weight is 258 g/mol. The van der Waals surface area contributed by atoms with Gasteiger partial charge >= 0.3 is 0 Å². The Bertz CT molecular complexity index is 641. The van der Waals surface area contributed by atoms with Crippen LogP contribution in [0.5, 0.6) is 0 Å². The summed E-state index contributed by atoms with van der Waals surface area (Å²) in [5, 5.41) is 3.27. The molecule has 0 amide bonds. The molecule has 1 aromatic heterocycles. The second-order valence-electron chi connectivity index (χ2n) is 5.98. The highest BCUT2D eigenvalue weighted by atomic mass is 16.1. The van der Waals surface area contributed by atoms with Crippen molar-refractivity contribution in [2.24, 2.45) is 0 Å². The molecular formula is C16H22N2O. The summed E-state index contributed by atoms with van der Waals surface area (Å²) in [6.45, 7) is 11.0. The van der Waals surface area contributed by atoms with Gasteiger partial charge < -0.3 is 0 Å². The summed E-state index contributed by atoms with van der Waals surface area (Å²) in [5.41, 5.74) is 4.02. The Hall–Kier alpha value is -1.77. The number of aromatic nitrogens is 2. The van der Waals surface area contributed by atoms with Crippen LogP contribution in [0.3, 0.4) is 0 Å². The van der Waals surface area contributed by atoms with Crippen molar-refractivity contribution < 1.29 is 0 Å². The molecule has 1 aromatic carbocycles. The van der Waals surface area contributed by atoms with Crippen molar-refractivity contribution in [3.63, 3.8) is 0 Å². The molecule has 0 radical (unpaired) electrons. The Labute approximate surface area is 114 Å². The molecule has 1 heterocycles. The molecule has 2 aromatic rings. The van der Waals surface area contributed by atoms with Gasteiger partial charge in [-0.15, -0.1) is 0 Å². The lowest BCUT2D eigenvalue weighted by Crippen LogP contribution is -2.25. The topological polar surface area (TPSA) is 37.8 Å². The van der Waals surface area contributed by atoms with Crippen LogP contribution in [0.2, 0.25) is 0 Å². The first-order chi connectivity index (χ1) is 8.86. The van der Waals surface area contributed by atoms with Crippen LogP contribution in [-0.2, 0) is 12.0 Å². The van der Waals surface area contributed by atoms with E-state index in [0.29, 0.717) is 6.54 Å². The lowest BCUT2D eigenvalue weighted by atomic mass is 9.85. The fourth-order valence-electron chi connectivity index (χ4n) is 2.45. The standard InChI is InChI=1S/C16H22N2O/c1-6-18-15(19)13(16(3,4)5)14(17-18)12-10-8-7-9-11(12)2/h7-10,17H,6H2,1-5H3. The predicted octanol–water partition coefficient (Wildman–Crippen LogP) is 3.47. The maximum atomic E-state index is 12.5. The van der Waals surface area contributed by atoms with E-state index >= 15 is 0 Å². The highest BCUT2D eigenvalue weighted by molar-refractivity contribution is 5.67. The van der Waals surface area contributed by atoms with E-state index in [0.717, 1.165) is 16.8 Å². The van der Waals surface area contributed by atoms with Crippen LogP contribution in [0, 0.1) is 6.92 Å². The average Bonchev–Trinajstić information content (AvgIpc) is 2.66. The largest absolute Gasteiger partial charge is 0.295 e. The van der Waals surface area contributed by atoms with Crippen molar-refractivity contribution in [2.75, 3.05) is 0 Å². The minimum atomic E-state index is -0.175. The van der Waals surface area contributed by atoms with Crippen LogP contribution in [0.25, 0.3) is 11.3 Å². The van der Waals surface area contributed by atoms with E-state index in [2.05, 4.69) is 44.9 Å². The van der Waals surface area contributed by atoms with Crippen LogP contribution >= 0.6 is 0 Å². The number of rotatable bonds is 2. The number of aromatic amines is 1. The molecule has 0 fully saturated rings. The minimum absolute atomic E-state index is 0.0910. The van der Waals surface area contributed by atoms with Crippen molar-refractivity contribution >= 4 is 0 Å². The van der Waals surface area contributed by atoms with Gasteiger partial charge in [0, 0.05) is 17.7 Å². The van der Waals surface area contributed by atoms with Crippen molar-refractivity contribution in [3.8, 4) is 11.3 Å². The Balaban J connectivity index is 2.78. The summed E-state index contributed by atoms with van der Waals surface area (Å²) < 4.78 is 1.68. The zero-order chi connectivity index (χ0) is 14.2. The van der Waals surface area contributed by atoms with Crippen LogP contribution in [0.1, 0.15) is 38.8 Å². The molecule has 3 heteroatoms. The predicted molar refractivity (Wildman–Crippen MR) is 79.6 cm³/mol. The van der Waals surface area contributed by atoms with Gasteiger partial charge in [-0.3, -0.25) is 14.6 Å². The number of H-pyrrole nitrogens is 1. The summed E-state index contributed by atoms with van der Waals surface area (Å²) in [5.74, 6) is 0. The van der Waals surface area contributed by atoms with Gasteiger partial charge in [0.05, 0.1) is 5.69 Å². The fraction of sp³-hybridized carbons (Fsp3) is 0.438. The fourth-order valence-corrected chi connectivity index (χ4v) is 2.45. The number of nitrogens with zero attached hydrogens (tertiary/aromatic N) is 1. The third kappa shape index (κ3) is 2.37. The molecule has 0 bridgehead atoms. The van der Waals surface area contributed by atoms with Crippen LogP contribution in [-0.4, -0.2) is 9.78 Å². The SMILES string of the molecule is CCn1[nH]c(-c2ccccc2C)c(C(C)(C)C)c1=O. The molecule has 0 saturated carbocycles. The Kier molecular flexibility index (Phi) is 3.40. The van der Waals surface area contributed by atoms with Crippen molar-refractivity contribution in [1.29, 1.82) is 0 Å². The van der Waals surface area contributed by atoms with E-state index in [9.17, 15) is 4.79 Å². The molecule has 3 nitrogen and oxygen atoms in total. The number of nitrogens with one attached hydrogen (secondary N) is 1. The molecule has 19 heavy (non-hydrogen) atoms. The van der Waals surface area contributed by atoms with E-state index < -0.39 is 0 Å². The zero-order valence-corrected chi connectivity index (χ0v) is 12.4. The maximum absolute atomic E-state index is 12.5. The summed E-state index contributed by atoms with van der Waals surface area (Å²) >= 11 is 0. The summed E-state index contributed by atoms with van der Waals surface area (Å²) in [6.07, 6.45) is 0. The van der Waals surface area contributed by atoms with Gasteiger partial charge in [0.25, 0.3) is 5.56 Å². The first-order valence-electron chi connectivity index (χ1n) is 6.75. The molecule has 0 spiro atoms. The van der Waals surface area contributed by atoms with Gasteiger partial charge in [-0.2, -0.15) is 0 Å². The lowest BCUT2D eigenvalue weighted by molar-refractivity contribution is 0.576. The molecule has 0 atom stereocenters. The van der Waals surface area contributed by atoms with E-state index in [1.165, 1.54) is 5.56 Å². The second kappa shape index (κ2) is 4.72. The van der Waals surface area contributed by atoms with Crippen molar-refractivity contribution in [3.05, 3.63) is 45.7 Å². The number of aryl methyl sites for hydroxylation is 2. The molecule has 0 saturated heterocycles. The maximum Gasteiger partial charge on any atom is 0.270 e. The summed E-state index contributed by atoms with van der Waals surface area (Å²) in [4.78, 5) is 12.5. The summed E-state index contributed by atoms with van der Waals surface area (Å²) in [6, 6.07) is 8.17.